The van der Waals surface area contributed by atoms with Gasteiger partial charge < -0.3 is 15.0 Å². The van der Waals surface area contributed by atoms with E-state index in [0.29, 0.717) is 28.0 Å². The van der Waals surface area contributed by atoms with E-state index in [1.54, 1.807) is 30.3 Å². The van der Waals surface area contributed by atoms with Gasteiger partial charge in [-0.2, -0.15) is 0 Å². The predicted octanol–water partition coefficient (Wildman–Crippen LogP) is 7.82. The highest BCUT2D eigenvalue weighted by Gasteiger charge is 2.36. The van der Waals surface area contributed by atoms with Crippen LogP contribution < -0.4 is 14.4 Å². The molecule has 0 aromatic heterocycles. The Kier molecular flexibility index (Phi) is 12.8. The van der Waals surface area contributed by atoms with Crippen molar-refractivity contribution in [2.45, 2.75) is 69.0 Å². The first-order valence-corrected chi connectivity index (χ1v) is 18.8. The first-order valence-electron chi connectivity index (χ1n) is 16.6. The van der Waals surface area contributed by atoms with Crippen LogP contribution in [-0.2, 0) is 32.6 Å². The van der Waals surface area contributed by atoms with Crippen molar-refractivity contribution in [3.8, 4) is 5.75 Å². The van der Waals surface area contributed by atoms with Gasteiger partial charge in [-0.15, -0.1) is 0 Å². The number of rotatable bonds is 14. The van der Waals surface area contributed by atoms with Gasteiger partial charge in [-0.25, -0.2) is 12.8 Å². The van der Waals surface area contributed by atoms with E-state index in [2.05, 4.69) is 5.32 Å². The van der Waals surface area contributed by atoms with Crippen LogP contribution in [-0.4, -0.2) is 50.4 Å². The van der Waals surface area contributed by atoms with Crippen molar-refractivity contribution in [2.24, 2.45) is 0 Å². The smallest absolute Gasteiger partial charge is 0.264 e. The molecule has 12 heteroatoms. The van der Waals surface area contributed by atoms with E-state index in [1.807, 2.05) is 37.3 Å². The zero-order valence-corrected chi connectivity index (χ0v) is 30.1. The van der Waals surface area contributed by atoms with E-state index in [1.165, 1.54) is 17.0 Å². The number of halogens is 3. The van der Waals surface area contributed by atoms with Crippen LogP contribution in [0.3, 0.4) is 0 Å². The standard InChI is InChI=1S/C38H40Cl2FN3O5S/c1-2-49-33-19-17-32(18-20-33)44(50(47,48)34-21-15-30(41)16-22-34)26-37(45)43(25-28-13-14-29(39)24-35(28)40)36(23-27-9-5-3-6-10-27)38(46)42-31-11-7-4-8-12-31/h3,5-6,9-10,13-22,24,31,36H,2,4,7-8,11-12,23,25-26H2,1H3,(H,42,46)/t36-/m0/s1. The predicted molar refractivity (Wildman–Crippen MR) is 195 cm³/mol. The maximum atomic E-state index is 14.7. The number of carbonyl (C=O) groups excluding carboxylic acids is 2. The molecule has 0 heterocycles. The molecule has 0 spiro atoms. The molecule has 2 amide bonds. The summed E-state index contributed by atoms with van der Waals surface area (Å²) < 4.78 is 48.8. The number of amides is 2. The highest BCUT2D eigenvalue weighted by Crippen LogP contribution is 2.29. The molecule has 50 heavy (non-hydrogen) atoms. The molecule has 0 radical (unpaired) electrons. The summed E-state index contributed by atoms with van der Waals surface area (Å²) in [5, 5.41) is 3.88. The molecule has 5 rings (SSSR count). The summed E-state index contributed by atoms with van der Waals surface area (Å²) >= 11 is 12.8. The molecule has 8 nitrogen and oxygen atoms in total. The lowest BCUT2D eigenvalue weighted by molar-refractivity contribution is -0.140. The first kappa shape index (κ1) is 37.1. The minimum atomic E-state index is -4.40. The van der Waals surface area contributed by atoms with Crippen molar-refractivity contribution in [2.75, 3.05) is 17.5 Å². The Morgan fingerprint density at radius 1 is 0.920 bits per heavy atom. The Hall–Kier alpha value is -4.12. The van der Waals surface area contributed by atoms with Gasteiger partial charge in [0, 0.05) is 29.1 Å². The molecular formula is C38H40Cl2FN3O5S. The number of nitrogens with one attached hydrogen (secondary N) is 1. The van der Waals surface area contributed by atoms with Crippen molar-refractivity contribution in [1.29, 1.82) is 0 Å². The lowest BCUT2D eigenvalue weighted by atomic mass is 9.94. The molecule has 264 valence electrons. The van der Waals surface area contributed by atoms with E-state index < -0.39 is 34.3 Å². The Labute approximate surface area is 303 Å². The number of sulfonamides is 1. The summed E-state index contributed by atoms with van der Waals surface area (Å²) in [5.41, 5.74) is 1.53. The minimum Gasteiger partial charge on any atom is -0.494 e. The molecule has 1 fully saturated rings. The summed E-state index contributed by atoms with van der Waals surface area (Å²) in [6.45, 7) is 1.47. The molecular weight excluding hydrogens is 700 g/mol. The van der Waals surface area contributed by atoms with E-state index in [9.17, 15) is 22.4 Å². The lowest BCUT2D eigenvalue weighted by Crippen LogP contribution is -2.55. The normalized spacial score (nSPS) is 14.1. The third kappa shape index (κ3) is 9.56. The van der Waals surface area contributed by atoms with Crippen LogP contribution in [0, 0.1) is 5.82 Å². The molecule has 1 N–H and O–H groups in total. The summed E-state index contributed by atoms with van der Waals surface area (Å²) in [7, 11) is -4.40. The Bertz CT molecular complexity index is 1860. The van der Waals surface area contributed by atoms with Gasteiger partial charge in [0.2, 0.25) is 11.8 Å². The monoisotopic (exact) mass is 739 g/mol. The summed E-state index contributed by atoms with van der Waals surface area (Å²) in [4.78, 5) is 30.2. The number of hydrogen-bond acceptors (Lipinski definition) is 5. The van der Waals surface area contributed by atoms with Crippen LogP contribution in [0.4, 0.5) is 10.1 Å². The average molecular weight is 741 g/mol. The quantitative estimate of drug-likeness (QED) is 0.142. The molecule has 4 aromatic carbocycles. The molecule has 4 aromatic rings. The van der Waals surface area contributed by atoms with E-state index >= 15 is 0 Å². The summed E-state index contributed by atoms with van der Waals surface area (Å²) in [5.74, 6) is -1.07. The Morgan fingerprint density at radius 3 is 2.24 bits per heavy atom. The van der Waals surface area contributed by atoms with Crippen LogP contribution in [0.2, 0.25) is 10.0 Å². The second-order valence-electron chi connectivity index (χ2n) is 12.2. The topological polar surface area (TPSA) is 96.0 Å². The molecule has 1 aliphatic rings. The van der Waals surface area contributed by atoms with Gasteiger partial charge in [-0.1, -0.05) is 78.9 Å². The highest BCUT2D eigenvalue weighted by molar-refractivity contribution is 7.92. The van der Waals surface area contributed by atoms with Crippen molar-refractivity contribution >= 4 is 50.7 Å². The van der Waals surface area contributed by atoms with E-state index in [-0.39, 0.29) is 35.5 Å². The highest BCUT2D eigenvalue weighted by atomic mass is 35.5. The molecule has 0 unspecified atom stereocenters. The number of anilines is 1. The Balaban J connectivity index is 1.58. The van der Waals surface area contributed by atoms with Gasteiger partial charge in [-0.3, -0.25) is 13.9 Å². The fourth-order valence-corrected chi connectivity index (χ4v) is 7.95. The summed E-state index contributed by atoms with van der Waals surface area (Å²) in [6, 6.07) is 23.9. The number of hydrogen-bond donors (Lipinski definition) is 1. The van der Waals surface area contributed by atoms with Crippen molar-refractivity contribution in [3.05, 3.63) is 124 Å². The molecule has 1 aliphatic carbocycles. The molecule has 1 atom stereocenters. The molecule has 1 saturated carbocycles. The fraction of sp³-hybridized carbons (Fsp3) is 0.316. The number of nitrogens with zero attached hydrogens (tertiary/aromatic N) is 2. The fourth-order valence-electron chi connectivity index (χ4n) is 6.07. The van der Waals surface area contributed by atoms with Gasteiger partial charge in [0.15, 0.2) is 0 Å². The SMILES string of the molecule is CCOc1ccc(N(CC(=O)N(Cc2ccc(Cl)cc2Cl)[C@@H](Cc2ccccc2)C(=O)NC2CCCCC2)S(=O)(=O)c2ccc(F)cc2)cc1. The molecule has 0 aliphatic heterocycles. The number of carbonyl (C=O) groups is 2. The van der Waals surface area contributed by atoms with Gasteiger partial charge >= 0.3 is 0 Å². The van der Waals surface area contributed by atoms with E-state index in [4.69, 9.17) is 27.9 Å². The van der Waals surface area contributed by atoms with Gasteiger partial charge in [-0.05, 0) is 91.6 Å². The van der Waals surface area contributed by atoms with Crippen LogP contribution >= 0.6 is 23.2 Å². The maximum absolute atomic E-state index is 14.7. The lowest BCUT2D eigenvalue weighted by Gasteiger charge is -2.35. The van der Waals surface area contributed by atoms with Crippen LogP contribution in [0.5, 0.6) is 5.75 Å². The van der Waals surface area contributed by atoms with Crippen molar-refractivity contribution in [1.82, 2.24) is 10.2 Å². The zero-order chi connectivity index (χ0) is 35.7. The zero-order valence-electron chi connectivity index (χ0n) is 27.7. The second kappa shape index (κ2) is 17.2. The van der Waals surface area contributed by atoms with Crippen LogP contribution in [0.15, 0.2) is 102 Å². The van der Waals surface area contributed by atoms with Crippen LogP contribution in [0.25, 0.3) is 0 Å². The minimum absolute atomic E-state index is 0.0372. The number of benzene rings is 4. The Morgan fingerprint density at radius 2 is 1.60 bits per heavy atom. The summed E-state index contributed by atoms with van der Waals surface area (Å²) in [6.07, 6.45) is 4.93. The third-order valence-corrected chi connectivity index (χ3v) is 11.1. The second-order valence-corrected chi connectivity index (χ2v) is 14.9. The average Bonchev–Trinajstić information content (AvgIpc) is 3.11. The van der Waals surface area contributed by atoms with Gasteiger partial charge in [0.25, 0.3) is 10.0 Å². The van der Waals surface area contributed by atoms with Crippen molar-refractivity contribution < 1.29 is 27.1 Å². The number of ether oxygens (including phenoxy) is 1. The molecule has 0 bridgehead atoms. The van der Waals surface area contributed by atoms with Gasteiger partial charge in [0.1, 0.15) is 24.2 Å². The largest absolute Gasteiger partial charge is 0.494 e. The first-order chi connectivity index (χ1) is 24.0. The molecule has 0 saturated heterocycles. The van der Waals surface area contributed by atoms with Crippen molar-refractivity contribution in [3.63, 3.8) is 0 Å². The third-order valence-electron chi connectivity index (χ3n) is 8.69. The maximum Gasteiger partial charge on any atom is 0.264 e. The van der Waals surface area contributed by atoms with E-state index in [0.717, 1.165) is 66.2 Å². The van der Waals surface area contributed by atoms with Gasteiger partial charge in [0.05, 0.1) is 17.2 Å². The van der Waals surface area contributed by atoms with Crippen LogP contribution in [0.1, 0.15) is 50.2 Å².